The van der Waals surface area contributed by atoms with Crippen LogP contribution in [0, 0.1) is 0 Å². The second-order valence-corrected chi connectivity index (χ2v) is 4.01. The number of likely N-dealkylation sites (N-methyl/N-ethyl adjacent to an activating group) is 1. The van der Waals surface area contributed by atoms with Gasteiger partial charge in [0.1, 0.15) is 11.0 Å². The summed E-state index contributed by atoms with van der Waals surface area (Å²) in [5.74, 6) is 0. The molecule has 0 bridgehead atoms. The van der Waals surface area contributed by atoms with Crippen LogP contribution in [0.2, 0.25) is 0 Å². The van der Waals surface area contributed by atoms with E-state index < -0.39 is 0 Å². The summed E-state index contributed by atoms with van der Waals surface area (Å²) in [6.45, 7) is 2.17. The zero-order valence-electron chi connectivity index (χ0n) is 8.32. The van der Waals surface area contributed by atoms with E-state index in [0.717, 1.165) is 17.5 Å². The highest BCUT2D eigenvalue weighted by Gasteiger charge is 2.03. The van der Waals surface area contributed by atoms with Crippen molar-refractivity contribution >= 4 is 22.8 Å². The van der Waals surface area contributed by atoms with E-state index in [2.05, 4.69) is 33.1 Å². The van der Waals surface area contributed by atoms with Crippen LogP contribution in [0.3, 0.4) is 0 Å². The Morgan fingerprint density at radius 3 is 2.93 bits per heavy atom. The molecule has 0 aliphatic heterocycles. The van der Waals surface area contributed by atoms with Crippen molar-refractivity contribution in [3.05, 3.63) is 23.8 Å². The third-order valence-corrected chi connectivity index (χ3v) is 2.91. The first-order valence-corrected chi connectivity index (χ1v) is 5.41. The van der Waals surface area contributed by atoms with E-state index in [4.69, 9.17) is 0 Å². The molecule has 0 amide bonds. The molecule has 4 heteroatoms. The normalized spacial score (nSPS) is 13.3. The molecule has 0 aliphatic rings. The Labute approximate surface area is 87.5 Å². The maximum absolute atomic E-state index is 4.22. The summed E-state index contributed by atoms with van der Waals surface area (Å²) in [5, 5.41) is 3.22. The zero-order chi connectivity index (χ0) is 9.97. The molecule has 1 unspecified atom stereocenters. The van der Waals surface area contributed by atoms with Crippen LogP contribution in [0.1, 0.15) is 12.5 Å². The molecule has 0 radical (unpaired) electrons. The second-order valence-electron chi connectivity index (χ2n) is 3.48. The monoisotopic (exact) mass is 207 g/mol. The molecule has 1 atom stereocenters. The molecule has 74 valence electrons. The van der Waals surface area contributed by atoms with E-state index in [1.807, 2.05) is 13.1 Å². The van der Waals surface area contributed by atoms with Crippen LogP contribution in [-0.2, 0) is 6.42 Å². The van der Waals surface area contributed by atoms with Crippen LogP contribution < -0.4 is 5.32 Å². The molecule has 0 fully saturated rings. The Morgan fingerprint density at radius 2 is 2.14 bits per heavy atom. The quantitative estimate of drug-likeness (QED) is 0.834. The minimum absolute atomic E-state index is 0.499. The van der Waals surface area contributed by atoms with Gasteiger partial charge in [-0.1, -0.05) is 6.07 Å². The van der Waals surface area contributed by atoms with Gasteiger partial charge in [-0.05, 0) is 38.1 Å². The molecule has 2 aromatic rings. The smallest absolute Gasteiger partial charge is 0.105 e. The van der Waals surface area contributed by atoms with Crippen molar-refractivity contribution in [1.82, 2.24) is 14.1 Å². The molecule has 3 nitrogen and oxygen atoms in total. The topological polar surface area (TPSA) is 37.8 Å². The molecule has 0 saturated carbocycles. The van der Waals surface area contributed by atoms with Gasteiger partial charge in [-0.2, -0.15) is 8.75 Å². The fourth-order valence-corrected chi connectivity index (χ4v) is 1.93. The predicted octanol–water partition coefficient (Wildman–Crippen LogP) is 1.84. The van der Waals surface area contributed by atoms with Gasteiger partial charge in [0.25, 0.3) is 0 Å². The Kier molecular flexibility index (Phi) is 2.74. The molecule has 1 N–H and O–H groups in total. The molecule has 1 aromatic heterocycles. The Hall–Kier alpha value is -1.00. The van der Waals surface area contributed by atoms with Crippen LogP contribution in [0.4, 0.5) is 0 Å². The van der Waals surface area contributed by atoms with Crippen molar-refractivity contribution in [2.75, 3.05) is 7.05 Å². The summed E-state index contributed by atoms with van der Waals surface area (Å²) in [6, 6.07) is 6.78. The first-order valence-electron chi connectivity index (χ1n) is 4.68. The Bertz CT molecular complexity index is 424. The molecule has 1 heterocycles. The maximum Gasteiger partial charge on any atom is 0.105 e. The van der Waals surface area contributed by atoms with Crippen LogP contribution in [0.15, 0.2) is 18.2 Å². The van der Waals surface area contributed by atoms with Gasteiger partial charge < -0.3 is 5.32 Å². The molecule has 2 rings (SSSR count). The van der Waals surface area contributed by atoms with E-state index in [-0.39, 0.29) is 0 Å². The third kappa shape index (κ3) is 1.91. The lowest BCUT2D eigenvalue weighted by atomic mass is 10.1. The third-order valence-electron chi connectivity index (χ3n) is 2.35. The lowest BCUT2D eigenvalue weighted by Gasteiger charge is -2.09. The van der Waals surface area contributed by atoms with Crippen LogP contribution in [0.25, 0.3) is 11.0 Å². The minimum atomic E-state index is 0.499. The highest BCUT2D eigenvalue weighted by molar-refractivity contribution is 7.00. The van der Waals surface area contributed by atoms with Gasteiger partial charge in [-0.25, -0.2) is 0 Å². The van der Waals surface area contributed by atoms with Gasteiger partial charge in [0, 0.05) is 6.04 Å². The van der Waals surface area contributed by atoms with E-state index in [1.165, 1.54) is 17.3 Å². The summed E-state index contributed by atoms with van der Waals surface area (Å²) >= 11 is 1.27. The number of hydrogen-bond donors (Lipinski definition) is 1. The van der Waals surface area contributed by atoms with Crippen molar-refractivity contribution in [3.63, 3.8) is 0 Å². The molecule has 0 spiro atoms. The molecular weight excluding hydrogens is 194 g/mol. The van der Waals surface area contributed by atoms with E-state index >= 15 is 0 Å². The first-order chi connectivity index (χ1) is 6.79. The van der Waals surface area contributed by atoms with Gasteiger partial charge >= 0.3 is 0 Å². The van der Waals surface area contributed by atoms with Crippen molar-refractivity contribution in [3.8, 4) is 0 Å². The number of benzene rings is 1. The standard InChI is InChI=1S/C10H13N3S/c1-7(11-2)5-8-3-4-9-10(6-8)13-14-12-9/h3-4,6-7,11H,5H2,1-2H3. The van der Waals surface area contributed by atoms with Crippen molar-refractivity contribution in [2.24, 2.45) is 0 Å². The van der Waals surface area contributed by atoms with Crippen LogP contribution in [0.5, 0.6) is 0 Å². The molecule has 14 heavy (non-hydrogen) atoms. The van der Waals surface area contributed by atoms with Crippen LogP contribution in [-0.4, -0.2) is 21.8 Å². The lowest BCUT2D eigenvalue weighted by molar-refractivity contribution is 0.609. The number of nitrogens with one attached hydrogen (secondary N) is 1. The average molecular weight is 207 g/mol. The lowest BCUT2D eigenvalue weighted by Crippen LogP contribution is -2.23. The fourth-order valence-electron chi connectivity index (χ4n) is 1.41. The van der Waals surface area contributed by atoms with Crippen LogP contribution >= 0.6 is 11.7 Å². The predicted molar refractivity (Wildman–Crippen MR) is 59.6 cm³/mol. The zero-order valence-corrected chi connectivity index (χ0v) is 9.14. The van der Waals surface area contributed by atoms with Gasteiger partial charge in [-0.3, -0.25) is 0 Å². The number of nitrogens with zero attached hydrogens (tertiary/aromatic N) is 2. The second kappa shape index (κ2) is 4.02. The van der Waals surface area contributed by atoms with E-state index in [9.17, 15) is 0 Å². The van der Waals surface area contributed by atoms with Crippen molar-refractivity contribution in [1.29, 1.82) is 0 Å². The maximum atomic E-state index is 4.22. The summed E-state index contributed by atoms with van der Waals surface area (Å²) in [4.78, 5) is 0. The number of rotatable bonds is 3. The Morgan fingerprint density at radius 1 is 1.36 bits per heavy atom. The van der Waals surface area contributed by atoms with E-state index in [1.54, 1.807) is 0 Å². The number of hydrogen-bond acceptors (Lipinski definition) is 4. The Balaban J connectivity index is 2.25. The largest absolute Gasteiger partial charge is 0.317 e. The molecule has 0 aliphatic carbocycles. The number of fused-ring (bicyclic) bond motifs is 1. The van der Waals surface area contributed by atoms with Crippen molar-refractivity contribution < 1.29 is 0 Å². The molecule has 1 aromatic carbocycles. The van der Waals surface area contributed by atoms with Crippen molar-refractivity contribution in [2.45, 2.75) is 19.4 Å². The van der Waals surface area contributed by atoms with Gasteiger partial charge in [-0.15, -0.1) is 0 Å². The van der Waals surface area contributed by atoms with Gasteiger partial charge in [0.05, 0.1) is 11.7 Å². The minimum Gasteiger partial charge on any atom is -0.317 e. The molecular formula is C10H13N3S. The highest BCUT2D eigenvalue weighted by Crippen LogP contribution is 2.14. The summed E-state index contributed by atoms with van der Waals surface area (Å²) in [6.07, 6.45) is 1.03. The summed E-state index contributed by atoms with van der Waals surface area (Å²) < 4.78 is 8.40. The number of aromatic nitrogens is 2. The van der Waals surface area contributed by atoms with Gasteiger partial charge in [0.15, 0.2) is 0 Å². The fraction of sp³-hybridized carbons (Fsp3) is 0.400. The van der Waals surface area contributed by atoms with E-state index in [0.29, 0.717) is 6.04 Å². The first kappa shape index (κ1) is 9.55. The highest BCUT2D eigenvalue weighted by atomic mass is 32.1. The average Bonchev–Trinajstić information content (AvgIpc) is 2.64. The SMILES string of the molecule is CNC(C)Cc1ccc2nsnc2c1. The summed E-state index contributed by atoms with van der Waals surface area (Å²) in [7, 11) is 1.98. The summed E-state index contributed by atoms with van der Waals surface area (Å²) in [5.41, 5.74) is 3.32. The van der Waals surface area contributed by atoms with Gasteiger partial charge in [0.2, 0.25) is 0 Å². The molecule has 0 saturated heterocycles.